The van der Waals surface area contributed by atoms with Crippen molar-refractivity contribution < 1.29 is 4.79 Å². The van der Waals surface area contributed by atoms with Gasteiger partial charge in [0, 0.05) is 26.7 Å². The van der Waals surface area contributed by atoms with Gasteiger partial charge in [-0.1, -0.05) is 37.6 Å². The molecule has 24 heavy (non-hydrogen) atoms. The highest BCUT2D eigenvalue weighted by Gasteiger charge is 2.18. The summed E-state index contributed by atoms with van der Waals surface area (Å²) >= 11 is 0. The minimum Gasteiger partial charge on any atom is -0.351 e. The van der Waals surface area contributed by atoms with Crippen LogP contribution in [0.3, 0.4) is 0 Å². The molecule has 5 nitrogen and oxygen atoms in total. The van der Waals surface area contributed by atoms with Gasteiger partial charge >= 0.3 is 0 Å². The molecule has 5 heteroatoms. The van der Waals surface area contributed by atoms with Crippen LogP contribution in [0.1, 0.15) is 41.4 Å². The smallest absolute Gasteiger partial charge is 0.273 e. The van der Waals surface area contributed by atoms with E-state index in [2.05, 4.69) is 46.1 Å². The van der Waals surface area contributed by atoms with Crippen molar-refractivity contribution in [2.75, 3.05) is 25.0 Å². The van der Waals surface area contributed by atoms with Gasteiger partial charge < -0.3 is 9.80 Å². The van der Waals surface area contributed by atoms with E-state index in [-0.39, 0.29) is 5.91 Å². The molecule has 126 valence electrons. The van der Waals surface area contributed by atoms with Crippen molar-refractivity contribution in [2.45, 2.75) is 32.7 Å². The number of benzene rings is 1. The minimum absolute atomic E-state index is 0.0634. The molecule has 1 aromatic heterocycles. The van der Waals surface area contributed by atoms with Crippen LogP contribution in [0.15, 0.2) is 36.7 Å². The van der Waals surface area contributed by atoms with E-state index in [0.717, 1.165) is 44.7 Å². The molecule has 0 fully saturated rings. The summed E-state index contributed by atoms with van der Waals surface area (Å²) in [6, 6.07) is 8.51. The van der Waals surface area contributed by atoms with Crippen LogP contribution in [0, 0.1) is 0 Å². The van der Waals surface area contributed by atoms with E-state index in [9.17, 15) is 4.79 Å². The number of carbonyl (C=O) groups is 1. The van der Waals surface area contributed by atoms with Crippen LogP contribution in [0.2, 0.25) is 0 Å². The molecule has 0 saturated carbocycles. The molecule has 1 aliphatic rings. The topological polar surface area (TPSA) is 49.3 Å². The van der Waals surface area contributed by atoms with Gasteiger partial charge in [-0.15, -0.1) is 0 Å². The van der Waals surface area contributed by atoms with Crippen LogP contribution in [0.5, 0.6) is 0 Å². The van der Waals surface area contributed by atoms with Gasteiger partial charge in [0.1, 0.15) is 11.5 Å². The fourth-order valence-corrected chi connectivity index (χ4v) is 2.98. The highest BCUT2D eigenvalue weighted by molar-refractivity contribution is 5.91. The number of nitrogens with zero attached hydrogens (tertiary/aromatic N) is 4. The number of anilines is 1. The quantitative estimate of drug-likeness (QED) is 0.848. The third kappa shape index (κ3) is 3.55. The fraction of sp³-hybridized carbons (Fsp3) is 0.421. The van der Waals surface area contributed by atoms with Gasteiger partial charge in [-0.05, 0) is 24.0 Å². The zero-order valence-electron chi connectivity index (χ0n) is 14.4. The van der Waals surface area contributed by atoms with E-state index in [1.807, 2.05) is 7.05 Å². The molecule has 0 radical (unpaired) electrons. The van der Waals surface area contributed by atoms with Crippen LogP contribution in [0.25, 0.3) is 0 Å². The Morgan fingerprint density at radius 1 is 1.21 bits per heavy atom. The molecule has 0 atom stereocenters. The predicted molar refractivity (Wildman–Crippen MR) is 95.1 cm³/mol. The molecular formula is C19H24N4O. The van der Waals surface area contributed by atoms with Gasteiger partial charge in [0.2, 0.25) is 0 Å². The monoisotopic (exact) mass is 324 g/mol. The van der Waals surface area contributed by atoms with Crippen LogP contribution >= 0.6 is 0 Å². The Hall–Kier alpha value is -2.43. The molecule has 0 bridgehead atoms. The maximum absolute atomic E-state index is 12.3. The second kappa shape index (κ2) is 7.43. The van der Waals surface area contributed by atoms with Crippen LogP contribution in [0.4, 0.5) is 5.82 Å². The van der Waals surface area contributed by atoms with Gasteiger partial charge in [0.05, 0.1) is 12.4 Å². The first kappa shape index (κ1) is 16.4. The van der Waals surface area contributed by atoms with Crippen molar-refractivity contribution in [3.8, 4) is 0 Å². The number of carbonyl (C=O) groups excluding carboxylic acids is 1. The number of amides is 1. The third-order valence-electron chi connectivity index (χ3n) is 4.51. The van der Waals surface area contributed by atoms with Gasteiger partial charge in [0.25, 0.3) is 5.91 Å². The van der Waals surface area contributed by atoms with Crippen molar-refractivity contribution >= 4 is 11.7 Å². The van der Waals surface area contributed by atoms with Crippen molar-refractivity contribution in [1.82, 2.24) is 14.9 Å². The first-order valence-electron chi connectivity index (χ1n) is 8.58. The summed E-state index contributed by atoms with van der Waals surface area (Å²) in [4.78, 5) is 25.1. The molecule has 1 amide bonds. The Balaban J connectivity index is 1.68. The molecule has 0 N–H and O–H groups in total. The summed E-state index contributed by atoms with van der Waals surface area (Å²) in [5, 5.41) is 0. The van der Waals surface area contributed by atoms with Crippen molar-refractivity contribution in [3.63, 3.8) is 0 Å². The second-order valence-electron chi connectivity index (χ2n) is 6.28. The molecule has 0 spiro atoms. The third-order valence-corrected chi connectivity index (χ3v) is 4.51. The lowest BCUT2D eigenvalue weighted by molar-refractivity contribution is 0.0787. The number of fused-ring (bicyclic) bond motifs is 1. The molecule has 0 aliphatic carbocycles. The summed E-state index contributed by atoms with van der Waals surface area (Å²) in [7, 11) is 1.81. The van der Waals surface area contributed by atoms with Gasteiger partial charge in [-0.2, -0.15) is 0 Å². The molecule has 2 heterocycles. The largest absolute Gasteiger partial charge is 0.351 e. The number of aromatic nitrogens is 2. The minimum atomic E-state index is -0.0634. The molecule has 2 aromatic rings. The Kier molecular flexibility index (Phi) is 5.08. The normalized spacial score (nSPS) is 13.5. The Morgan fingerprint density at radius 3 is 2.71 bits per heavy atom. The second-order valence-corrected chi connectivity index (χ2v) is 6.28. The van der Waals surface area contributed by atoms with E-state index >= 15 is 0 Å². The number of hydrogen-bond acceptors (Lipinski definition) is 4. The van der Waals surface area contributed by atoms with Crippen LogP contribution in [-0.2, 0) is 13.0 Å². The SMILES string of the molecule is CCCCN(C)C(=O)c1cnc(N2CCc3ccccc3C2)cn1. The lowest BCUT2D eigenvalue weighted by Crippen LogP contribution is -2.32. The van der Waals surface area contributed by atoms with Crippen molar-refractivity contribution in [1.29, 1.82) is 0 Å². The molecule has 0 unspecified atom stereocenters. The Bertz CT molecular complexity index is 699. The Labute approximate surface area is 143 Å². The van der Waals surface area contributed by atoms with Crippen LogP contribution in [-0.4, -0.2) is 40.9 Å². The van der Waals surface area contributed by atoms with E-state index in [1.165, 1.54) is 11.1 Å². The zero-order chi connectivity index (χ0) is 16.9. The van der Waals surface area contributed by atoms with Crippen molar-refractivity contribution in [3.05, 3.63) is 53.5 Å². The number of hydrogen-bond donors (Lipinski definition) is 0. The summed E-state index contributed by atoms with van der Waals surface area (Å²) in [5.41, 5.74) is 3.16. The maximum Gasteiger partial charge on any atom is 0.273 e. The molecule has 3 rings (SSSR count). The highest BCUT2D eigenvalue weighted by Crippen LogP contribution is 2.22. The van der Waals surface area contributed by atoms with Gasteiger partial charge in [-0.25, -0.2) is 9.97 Å². The molecule has 1 aliphatic heterocycles. The maximum atomic E-state index is 12.3. The standard InChI is InChI=1S/C19H24N4O/c1-3-4-10-22(2)19(24)17-12-21-18(13-20-17)23-11-9-15-7-5-6-8-16(15)14-23/h5-8,12-13H,3-4,9-11,14H2,1-2H3. The first-order valence-corrected chi connectivity index (χ1v) is 8.58. The average molecular weight is 324 g/mol. The predicted octanol–water partition coefficient (Wildman–Crippen LogP) is 2.91. The molecule has 1 aromatic carbocycles. The van der Waals surface area contributed by atoms with Crippen LogP contribution < -0.4 is 4.90 Å². The molecular weight excluding hydrogens is 300 g/mol. The summed E-state index contributed by atoms with van der Waals surface area (Å²) in [5.74, 6) is 0.767. The summed E-state index contributed by atoms with van der Waals surface area (Å²) in [6.07, 6.45) is 6.40. The van der Waals surface area contributed by atoms with E-state index < -0.39 is 0 Å². The van der Waals surface area contributed by atoms with E-state index in [0.29, 0.717) is 5.69 Å². The zero-order valence-corrected chi connectivity index (χ0v) is 14.4. The summed E-state index contributed by atoms with van der Waals surface area (Å²) in [6.45, 7) is 4.63. The molecule has 0 saturated heterocycles. The highest BCUT2D eigenvalue weighted by atomic mass is 16.2. The fourth-order valence-electron chi connectivity index (χ4n) is 2.98. The van der Waals surface area contributed by atoms with Gasteiger partial charge in [0.15, 0.2) is 0 Å². The number of unbranched alkanes of at least 4 members (excludes halogenated alkanes) is 1. The van der Waals surface area contributed by atoms with Gasteiger partial charge in [-0.3, -0.25) is 4.79 Å². The lowest BCUT2D eigenvalue weighted by Gasteiger charge is -2.29. The first-order chi connectivity index (χ1) is 11.7. The van der Waals surface area contributed by atoms with E-state index in [4.69, 9.17) is 0 Å². The summed E-state index contributed by atoms with van der Waals surface area (Å²) < 4.78 is 0. The number of rotatable bonds is 5. The van der Waals surface area contributed by atoms with Crippen molar-refractivity contribution in [2.24, 2.45) is 0 Å². The van der Waals surface area contributed by atoms with E-state index in [1.54, 1.807) is 17.3 Å². The lowest BCUT2D eigenvalue weighted by atomic mass is 10.0. The average Bonchev–Trinajstić information content (AvgIpc) is 2.65. The Morgan fingerprint density at radius 2 is 2.00 bits per heavy atom.